The van der Waals surface area contributed by atoms with E-state index in [1.165, 1.54) is 11.5 Å². The number of nitrogens with zero attached hydrogens (tertiary/aromatic N) is 3. The first-order chi connectivity index (χ1) is 11.3. The Kier molecular flexibility index (Phi) is 3.65. The molecule has 4 nitrogen and oxygen atoms in total. The molecule has 0 spiro atoms. The molecule has 0 bridgehead atoms. The molecule has 0 aliphatic heterocycles. The van der Waals surface area contributed by atoms with Gasteiger partial charge in [0.1, 0.15) is 5.52 Å². The quantitative estimate of drug-likeness (QED) is 0.561. The monoisotopic (exact) mass is 338 g/mol. The van der Waals surface area contributed by atoms with Crippen LogP contribution in [0.15, 0.2) is 60.9 Å². The lowest BCUT2D eigenvalue weighted by Gasteiger charge is -2.10. The molecule has 0 atom stereocenters. The second-order valence-electron chi connectivity index (χ2n) is 4.90. The first-order valence-corrected chi connectivity index (χ1v) is 8.15. The molecule has 2 aromatic carbocycles. The minimum Gasteiger partial charge on any atom is -0.336 e. The molecule has 23 heavy (non-hydrogen) atoms. The van der Waals surface area contributed by atoms with E-state index in [9.17, 15) is 0 Å². The van der Waals surface area contributed by atoms with Gasteiger partial charge in [-0.2, -0.15) is 4.37 Å². The van der Waals surface area contributed by atoms with Gasteiger partial charge in [-0.15, -0.1) is 0 Å². The maximum Gasteiger partial charge on any atom is 0.172 e. The molecule has 0 aliphatic rings. The fourth-order valence-electron chi connectivity index (χ4n) is 2.37. The molecule has 0 amide bonds. The van der Waals surface area contributed by atoms with Crippen molar-refractivity contribution in [1.82, 2.24) is 14.3 Å². The van der Waals surface area contributed by atoms with E-state index in [4.69, 9.17) is 11.6 Å². The summed E-state index contributed by atoms with van der Waals surface area (Å²) in [6.07, 6.45) is 3.32. The predicted octanol–water partition coefficient (Wildman–Crippen LogP) is 5.15. The smallest absolute Gasteiger partial charge is 0.172 e. The highest BCUT2D eigenvalue weighted by Crippen LogP contribution is 2.36. The molecular formula is C17H11ClN4S. The van der Waals surface area contributed by atoms with Crippen LogP contribution in [0.2, 0.25) is 5.02 Å². The molecule has 1 N–H and O–H groups in total. The summed E-state index contributed by atoms with van der Waals surface area (Å²) < 4.78 is 4.38. The minimum absolute atomic E-state index is 0.656. The molecule has 0 saturated carbocycles. The van der Waals surface area contributed by atoms with E-state index in [0.29, 0.717) is 10.8 Å². The van der Waals surface area contributed by atoms with Crippen LogP contribution in [0.3, 0.4) is 0 Å². The van der Waals surface area contributed by atoms with Crippen LogP contribution >= 0.6 is 23.1 Å². The molecular weight excluding hydrogens is 328 g/mol. The Hall–Kier alpha value is -2.50. The number of rotatable bonds is 3. The molecule has 4 aromatic rings. The van der Waals surface area contributed by atoms with Crippen molar-refractivity contribution in [3.05, 3.63) is 65.9 Å². The first-order valence-electron chi connectivity index (χ1n) is 7.00. The van der Waals surface area contributed by atoms with Gasteiger partial charge in [-0.3, -0.25) is 0 Å². The van der Waals surface area contributed by atoms with Crippen molar-refractivity contribution in [3.8, 4) is 11.1 Å². The summed E-state index contributed by atoms with van der Waals surface area (Å²) in [5.74, 6) is 0.671. The van der Waals surface area contributed by atoms with Gasteiger partial charge in [-0.1, -0.05) is 54.1 Å². The van der Waals surface area contributed by atoms with Crippen LogP contribution in [0.1, 0.15) is 0 Å². The molecule has 4 rings (SSSR count). The third-order valence-electron chi connectivity index (χ3n) is 3.45. The second kappa shape index (κ2) is 5.95. The molecule has 2 aromatic heterocycles. The van der Waals surface area contributed by atoms with Crippen molar-refractivity contribution >= 4 is 45.0 Å². The zero-order valence-electron chi connectivity index (χ0n) is 11.9. The van der Waals surface area contributed by atoms with E-state index >= 15 is 0 Å². The first kappa shape index (κ1) is 14.1. The Bertz CT molecular complexity index is 969. The van der Waals surface area contributed by atoms with Gasteiger partial charge in [0.05, 0.1) is 10.7 Å². The summed E-state index contributed by atoms with van der Waals surface area (Å²) >= 11 is 7.90. The standard InChI is InChI=1S/C17H11ClN4S/c18-14-12(11-5-2-1-3-6-11)7-4-8-13(14)21-16-15-17(23-22-16)20-10-9-19-15/h1-10H,(H,21,22). The van der Waals surface area contributed by atoms with E-state index in [-0.39, 0.29) is 0 Å². The Morgan fingerprint density at radius 2 is 1.74 bits per heavy atom. The van der Waals surface area contributed by atoms with Crippen molar-refractivity contribution in [2.75, 3.05) is 5.32 Å². The normalized spacial score (nSPS) is 10.8. The number of halogens is 1. The second-order valence-corrected chi connectivity index (χ2v) is 6.03. The number of nitrogens with one attached hydrogen (secondary N) is 1. The molecule has 0 unspecified atom stereocenters. The Balaban J connectivity index is 1.76. The summed E-state index contributed by atoms with van der Waals surface area (Å²) in [6.45, 7) is 0. The Morgan fingerprint density at radius 3 is 2.61 bits per heavy atom. The van der Waals surface area contributed by atoms with E-state index in [1.54, 1.807) is 12.4 Å². The lowest BCUT2D eigenvalue weighted by atomic mass is 10.1. The van der Waals surface area contributed by atoms with Gasteiger partial charge in [0.25, 0.3) is 0 Å². The maximum atomic E-state index is 6.59. The summed E-state index contributed by atoms with van der Waals surface area (Å²) in [6, 6.07) is 15.9. The number of benzene rings is 2. The van der Waals surface area contributed by atoms with Gasteiger partial charge >= 0.3 is 0 Å². The van der Waals surface area contributed by atoms with Crippen LogP contribution in [0, 0.1) is 0 Å². The Morgan fingerprint density at radius 1 is 0.913 bits per heavy atom. The lowest BCUT2D eigenvalue weighted by Crippen LogP contribution is -1.94. The van der Waals surface area contributed by atoms with Gasteiger partial charge < -0.3 is 5.32 Å². The van der Waals surface area contributed by atoms with Crippen LogP contribution in [0.4, 0.5) is 11.5 Å². The topological polar surface area (TPSA) is 50.7 Å². The van der Waals surface area contributed by atoms with Crippen molar-refractivity contribution in [3.63, 3.8) is 0 Å². The van der Waals surface area contributed by atoms with Crippen molar-refractivity contribution in [1.29, 1.82) is 0 Å². The van der Waals surface area contributed by atoms with Crippen molar-refractivity contribution < 1.29 is 0 Å². The minimum atomic E-state index is 0.656. The van der Waals surface area contributed by atoms with Gasteiger partial charge in [-0.25, -0.2) is 9.97 Å². The zero-order chi connectivity index (χ0) is 15.6. The molecule has 0 aliphatic carbocycles. The summed E-state index contributed by atoms with van der Waals surface area (Å²) in [5.41, 5.74) is 3.59. The van der Waals surface area contributed by atoms with Gasteiger partial charge in [0, 0.05) is 18.0 Å². The van der Waals surface area contributed by atoms with Crippen LogP contribution in [0.25, 0.3) is 21.5 Å². The summed E-state index contributed by atoms with van der Waals surface area (Å²) in [7, 11) is 0. The largest absolute Gasteiger partial charge is 0.336 e. The number of hydrogen-bond acceptors (Lipinski definition) is 5. The highest BCUT2D eigenvalue weighted by molar-refractivity contribution is 7.13. The van der Waals surface area contributed by atoms with Gasteiger partial charge in [0.2, 0.25) is 0 Å². The molecule has 112 valence electrons. The fourth-order valence-corrected chi connectivity index (χ4v) is 3.30. The average molecular weight is 339 g/mol. The summed E-state index contributed by atoms with van der Waals surface area (Å²) in [5, 5.41) is 3.93. The van der Waals surface area contributed by atoms with E-state index in [1.807, 2.05) is 48.5 Å². The Labute approximate surface area is 142 Å². The number of anilines is 2. The molecule has 0 fully saturated rings. The van der Waals surface area contributed by atoms with Crippen LogP contribution in [0.5, 0.6) is 0 Å². The number of aromatic nitrogens is 3. The van der Waals surface area contributed by atoms with Crippen molar-refractivity contribution in [2.24, 2.45) is 0 Å². The van der Waals surface area contributed by atoms with Crippen LogP contribution in [-0.4, -0.2) is 14.3 Å². The van der Waals surface area contributed by atoms with Gasteiger partial charge in [0.15, 0.2) is 10.6 Å². The highest BCUT2D eigenvalue weighted by Gasteiger charge is 2.12. The van der Waals surface area contributed by atoms with E-state index < -0.39 is 0 Å². The fraction of sp³-hybridized carbons (Fsp3) is 0. The third-order valence-corrected chi connectivity index (χ3v) is 4.60. The average Bonchev–Trinajstić information content (AvgIpc) is 3.01. The summed E-state index contributed by atoms with van der Waals surface area (Å²) in [4.78, 5) is 9.38. The van der Waals surface area contributed by atoms with Crippen molar-refractivity contribution in [2.45, 2.75) is 0 Å². The highest BCUT2D eigenvalue weighted by atomic mass is 35.5. The lowest BCUT2D eigenvalue weighted by molar-refractivity contribution is 1.31. The molecule has 2 heterocycles. The molecule has 0 saturated heterocycles. The predicted molar refractivity (Wildman–Crippen MR) is 95.4 cm³/mol. The van der Waals surface area contributed by atoms with E-state index in [0.717, 1.165) is 27.2 Å². The number of fused-ring (bicyclic) bond motifs is 1. The van der Waals surface area contributed by atoms with E-state index in [2.05, 4.69) is 19.7 Å². The van der Waals surface area contributed by atoms with Crippen LogP contribution in [-0.2, 0) is 0 Å². The number of hydrogen-bond donors (Lipinski definition) is 1. The SMILES string of the molecule is Clc1c(Nc2nsc3nccnc23)cccc1-c1ccccc1. The van der Waals surface area contributed by atoms with Crippen LogP contribution < -0.4 is 5.32 Å². The molecule has 0 radical (unpaired) electrons. The third kappa shape index (κ3) is 2.65. The maximum absolute atomic E-state index is 6.59. The zero-order valence-corrected chi connectivity index (χ0v) is 13.5. The molecule has 6 heteroatoms. The van der Waals surface area contributed by atoms with Gasteiger partial charge in [-0.05, 0) is 23.2 Å².